The molecule has 0 saturated carbocycles. The summed E-state index contributed by atoms with van der Waals surface area (Å²) in [6.45, 7) is 6.32. The van der Waals surface area contributed by atoms with Crippen molar-refractivity contribution in [2.45, 2.75) is 84.0 Å². The molecule has 0 amide bonds. The number of rotatable bonds is 17. The molecule has 1 nitrogen and oxygen atoms in total. The quantitative estimate of drug-likeness (QED) is 0.154. The normalized spacial score (nSPS) is 11.5. The summed E-state index contributed by atoms with van der Waals surface area (Å²) in [7, 11) is 2.46. The van der Waals surface area contributed by atoms with Gasteiger partial charge in [-0.25, -0.2) is 0 Å². The van der Waals surface area contributed by atoms with Gasteiger partial charge in [-0.15, -0.1) is 0 Å². The van der Waals surface area contributed by atoms with Crippen LogP contribution in [-0.4, -0.2) is 41.8 Å². The summed E-state index contributed by atoms with van der Waals surface area (Å²) >= 11 is 7.17. The van der Waals surface area contributed by atoms with E-state index in [9.17, 15) is 0 Å². The predicted molar refractivity (Wildman–Crippen MR) is 109 cm³/mol. The Kier molecular flexibility index (Phi) is 22.8. The minimum atomic E-state index is 0. The van der Waals surface area contributed by atoms with Crippen molar-refractivity contribution in [1.82, 2.24) is 0 Å². The topological polar surface area (TPSA) is 0 Å². The zero-order valence-electron chi connectivity index (χ0n) is 15.6. The van der Waals surface area contributed by atoms with Crippen molar-refractivity contribution in [3.63, 3.8) is 0 Å². The van der Waals surface area contributed by atoms with Crippen molar-refractivity contribution in [2.75, 3.05) is 37.3 Å². The standard InChI is InChI=1S/C19H40Br2N.BrH/c1-3-4-5-6-7-8-9-10-11-12-17-22(2,18-13-15-20)19-14-16-21;/h3-19H2,1-2H3;1H/q+1;/p-1. The molecule has 142 valence electrons. The Labute approximate surface area is 174 Å². The Morgan fingerprint density at radius 1 is 0.565 bits per heavy atom. The van der Waals surface area contributed by atoms with E-state index in [2.05, 4.69) is 45.8 Å². The first-order chi connectivity index (χ1) is 10.7. The molecule has 0 aromatic rings. The molecule has 0 aromatic carbocycles. The summed E-state index contributed by atoms with van der Waals surface area (Å²) in [6.07, 6.45) is 17.0. The Morgan fingerprint density at radius 3 is 1.30 bits per heavy atom. The van der Waals surface area contributed by atoms with E-state index in [0.717, 1.165) is 10.7 Å². The third-order valence-corrected chi connectivity index (χ3v) is 5.84. The molecule has 0 aliphatic heterocycles. The van der Waals surface area contributed by atoms with Crippen LogP contribution in [0, 0.1) is 0 Å². The monoisotopic (exact) mass is 519 g/mol. The molecule has 23 heavy (non-hydrogen) atoms. The lowest BCUT2D eigenvalue weighted by atomic mass is 10.1. The number of halogens is 3. The first-order valence-electron chi connectivity index (χ1n) is 9.64. The van der Waals surface area contributed by atoms with Gasteiger partial charge in [0.2, 0.25) is 0 Å². The van der Waals surface area contributed by atoms with E-state index in [-0.39, 0.29) is 17.0 Å². The molecule has 4 heteroatoms. The zero-order chi connectivity index (χ0) is 16.5. The summed E-state index contributed by atoms with van der Waals surface area (Å²) in [4.78, 5) is 0. The van der Waals surface area contributed by atoms with Gasteiger partial charge in [0.15, 0.2) is 0 Å². The second-order valence-electron chi connectivity index (χ2n) is 7.06. The highest BCUT2D eigenvalue weighted by atomic mass is 79.9. The maximum absolute atomic E-state index is 3.58. The first-order valence-corrected chi connectivity index (χ1v) is 11.9. The summed E-state index contributed by atoms with van der Waals surface area (Å²) in [5.74, 6) is 0. The average Bonchev–Trinajstić information content (AvgIpc) is 2.53. The molecule has 0 aromatic heterocycles. The summed E-state index contributed by atoms with van der Waals surface area (Å²) < 4.78 is 1.27. The maximum Gasteiger partial charge on any atom is 0.0792 e. The van der Waals surface area contributed by atoms with Gasteiger partial charge in [-0.3, -0.25) is 0 Å². The highest BCUT2D eigenvalue weighted by Gasteiger charge is 2.19. The zero-order valence-corrected chi connectivity index (χ0v) is 20.4. The minimum absolute atomic E-state index is 0. The van der Waals surface area contributed by atoms with Crippen molar-refractivity contribution < 1.29 is 21.5 Å². The summed E-state index contributed by atoms with van der Waals surface area (Å²) in [5.41, 5.74) is 0. The van der Waals surface area contributed by atoms with Crippen LogP contribution in [0.5, 0.6) is 0 Å². The van der Waals surface area contributed by atoms with Gasteiger partial charge in [0.25, 0.3) is 0 Å². The van der Waals surface area contributed by atoms with Crippen molar-refractivity contribution in [1.29, 1.82) is 0 Å². The van der Waals surface area contributed by atoms with Crippen LogP contribution in [0.25, 0.3) is 0 Å². The second kappa shape index (κ2) is 19.7. The van der Waals surface area contributed by atoms with Crippen molar-refractivity contribution in [2.24, 2.45) is 0 Å². The second-order valence-corrected chi connectivity index (χ2v) is 8.64. The van der Waals surface area contributed by atoms with Gasteiger partial charge in [-0.2, -0.15) is 0 Å². The molecular weight excluding hydrogens is 482 g/mol. The largest absolute Gasteiger partial charge is 1.00 e. The lowest BCUT2D eigenvalue weighted by molar-refractivity contribution is -0.909. The van der Waals surface area contributed by atoms with Crippen LogP contribution >= 0.6 is 31.9 Å². The molecule has 0 spiro atoms. The van der Waals surface area contributed by atoms with Gasteiger partial charge in [0.1, 0.15) is 0 Å². The molecule has 0 aliphatic rings. The van der Waals surface area contributed by atoms with Gasteiger partial charge in [0.05, 0.1) is 26.7 Å². The van der Waals surface area contributed by atoms with Crippen LogP contribution in [0.1, 0.15) is 84.0 Å². The van der Waals surface area contributed by atoms with Crippen LogP contribution in [0.15, 0.2) is 0 Å². The van der Waals surface area contributed by atoms with E-state index in [1.807, 2.05) is 0 Å². The number of hydrogen-bond donors (Lipinski definition) is 0. The number of nitrogens with zero attached hydrogens (tertiary/aromatic N) is 1. The molecule has 0 unspecified atom stereocenters. The minimum Gasteiger partial charge on any atom is -1.00 e. The molecule has 0 heterocycles. The molecule has 0 rings (SSSR count). The van der Waals surface area contributed by atoms with Gasteiger partial charge in [0, 0.05) is 23.5 Å². The molecule has 0 fully saturated rings. The number of unbranched alkanes of at least 4 members (excludes halogenated alkanes) is 9. The lowest BCUT2D eigenvalue weighted by Gasteiger charge is -2.34. The van der Waals surface area contributed by atoms with E-state index in [0.29, 0.717) is 0 Å². The van der Waals surface area contributed by atoms with Crippen molar-refractivity contribution >= 4 is 31.9 Å². The van der Waals surface area contributed by atoms with Gasteiger partial charge < -0.3 is 21.5 Å². The predicted octanol–water partition coefficient (Wildman–Crippen LogP) is 3.93. The van der Waals surface area contributed by atoms with E-state index < -0.39 is 0 Å². The van der Waals surface area contributed by atoms with E-state index in [4.69, 9.17) is 0 Å². The fraction of sp³-hybridized carbons (Fsp3) is 1.00. The smallest absolute Gasteiger partial charge is 0.0792 e. The van der Waals surface area contributed by atoms with Gasteiger partial charge in [-0.1, -0.05) is 90.2 Å². The Hall–Kier alpha value is 1.40. The molecule has 0 N–H and O–H groups in total. The Bertz CT molecular complexity index is 217. The number of hydrogen-bond acceptors (Lipinski definition) is 0. The SMILES string of the molecule is CCCCCCCCCCCC[N+](C)(CCCBr)CCCBr.[Br-]. The fourth-order valence-electron chi connectivity index (χ4n) is 3.20. The first kappa shape index (κ1) is 26.6. The van der Waals surface area contributed by atoms with Crippen LogP contribution in [0.3, 0.4) is 0 Å². The lowest BCUT2D eigenvalue weighted by Crippen LogP contribution is -3.00. The van der Waals surface area contributed by atoms with Crippen molar-refractivity contribution in [3.05, 3.63) is 0 Å². The summed E-state index contributed by atoms with van der Waals surface area (Å²) in [5, 5.41) is 2.29. The van der Waals surface area contributed by atoms with Crippen molar-refractivity contribution in [3.8, 4) is 0 Å². The molecule has 0 radical (unpaired) electrons. The maximum atomic E-state index is 3.58. The highest BCUT2D eigenvalue weighted by molar-refractivity contribution is 9.09. The van der Waals surface area contributed by atoms with Gasteiger partial charge in [-0.05, 0) is 12.8 Å². The van der Waals surface area contributed by atoms with E-state index in [1.165, 1.54) is 101 Å². The van der Waals surface area contributed by atoms with Crippen LogP contribution in [0.4, 0.5) is 0 Å². The van der Waals surface area contributed by atoms with Crippen LogP contribution < -0.4 is 17.0 Å². The molecular formula is C19H40Br3N. The third-order valence-electron chi connectivity index (χ3n) is 4.71. The van der Waals surface area contributed by atoms with E-state index >= 15 is 0 Å². The van der Waals surface area contributed by atoms with Gasteiger partial charge >= 0.3 is 0 Å². The molecule has 0 saturated heterocycles. The van der Waals surface area contributed by atoms with E-state index in [1.54, 1.807) is 0 Å². The highest BCUT2D eigenvalue weighted by Crippen LogP contribution is 2.14. The number of alkyl halides is 2. The third kappa shape index (κ3) is 18.0. The molecule has 0 aliphatic carbocycles. The average molecular weight is 522 g/mol. The molecule has 0 bridgehead atoms. The Balaban J connectivity index is 0. The Morgan fingerprint density at radius 2 is 0.913 bits per heavy atom. The fourth-order valence-corrected chi connectivity index (χ4v) is 3.70. The summed E-state index contributed by atoms with van der Waals surface area (Å²) in [6, 6.07) is 0. The molecule has 0 atom stereocenters. The van der Waals surface area contributed by atoms with Crippen LogP contribution in [-0.2, 0) is 0 Å². The van der Waals surface area contributed by atoms with Crippen LogP contribution in [0.2, 0.25) is 0 Å². The number of quaternary nitrogens is 1.